The molecule has 5 nitrogen and oxygen atoms in total. The first-order chi connectivity index (χ1) is 12.1. The summed E-state index contributed by atoms with van der Waals surface area (Å²) in [6.07, 6.45) is 1.96. The fourth-order valence-electron chi connectivity index (χ4n) is 2.89. The van der Waals surface area contributed by atoms with E-state index < -0.39 is 0 Å². The molecular weight excluding hydrogens is 354 g/mol. The number of thiazole rings is 1. The summed E-state index contributed by atoms with van der Waals surface area (Å²) >= 11 is 7.67. The third-order valence-corrected chi connectivity index (χ3v) is 5.56. The number of guanidine groups is 1. The first-order valence-corrected chi connectivity index (χ1v) is 9.84. The molecule has 0 saturated carbocycles. The van der Waals surface area contributed by atoms with Crippen LogP contribution in [0.5, 0.6) is 0 Å². The minimum atomic E-state index is 0.658. The van der Waals surface area contributed by atoms with Crippen molar-refractivity contribution in [3.63, 3.8) is 0 Å². The predicted octanol–water partition coefficient (Wildman–Crippen LogP) is 3.17. The molecule has 0 aliphatic carbocycles. The highest BCUT2D eigenvalue weighted by molar-refractivity contribution is 7.09. The maximum absolute atomic E-state index is 6.16. The highest BCUT2D eigenvalue weighted by Crippen LogP contribution is 2.19. The van der Waals surface area contributed by atoms with Crippen molar-refractivity contribution in [3.8, 4) is 0 Å². The molecule has 1 aromatic heterocycles. The smallest absolute Gasteiger partial charge is 0.191 e. The second-order valence-corrected chi connectivity index (χ2v) is 7.56. The fourth-order valence-corrected chi connectivity index (χ4v) is 3.83. The molecule has 1 saturated heterocycles. The second kappa shape index (κ2) is 8.54. The summed E-state index contributed by atoms with van der Waals surface area (Å²) in [5, 5.41) is 4.04. The molecule has 1 fully saturated rings. The largest absolute Gasteiger partial charge is 0.370 e. The summed E-state index contributed by atoms with van der Waals surface area (Å²) in [7, 11) is 0. The lowest BCUT2D eigenvalue weighted by Crippen LogP contribution is -2.51. The van der Waals surface area contributed by atoms with Crippen molar-refractivity contribution in [2.24, 2.45) is 10.7 Å². The van der Waals surface area contributed by atoms with E-state index in [4.69, 9.17) is 17.3 Å². The average Bonchev–Trinajstić information content (AvgIpc) is 3.05. The summed E-state index contributed by atoms with van der Waals surface area (Å²) in [6, 6.07) is 8.00. The predicted molar refractivity (Wildman–Crippen MR) is 107 cm³/mol. The Bertz CT molecular complexity index is 705. The van der Waals surface area contributed by atoms with Crippen molar-refractivity contribution in [2.75, 3.05) is 37.6 Å². The maximum Gasteiger partial charge on any atom is 0.191 e. The van der Waals surface area contributed by atoms with Crippen LogP contribution in [0.1, 0.15) is 17.1 Å². The van der Waals surface area contributed by atoms with Crippen molar-refractivity contribution < 1.29 is 0 Å². The van der Waals surface area contributed by atoms with Crippen LogP contribution in [-0.2, 0) is 6.42 Å². The lowest BCUT2D eigenvalue weighted by molar-refractivity contribution is 0.380. The second-order valence-electron chi connectivity index (χ2n) is 6.18. The molecule has 0 unspecified atom stereocenters. The molecule has 0 radical (unpaired) electrons. The zero-order valence-corrected chi connectivity index (χ0v) is 16.1. The molecule has 25 heavy (non-hydrogen) atoms. The summed E-state index contributed by atoms with van der Waals surface area (Å²) in [5.41, 5.74) is 8.47. The van der Waals surface area contributed by atoms with Crippen molar-refractivity contribution in [1.29, 1.82) is 0 Å². The van der Waals surface area contributed by atoms with E-state index in [9.17, 15) is 0 Å². The molecule has 7 heteroatoms. The first-order valence-electron chi connectivity index (χ1n) is 8.58. The summed E-state index contributed by atoms with van der Waals surface area (Å²) in [6.45, 7) is 6.45. The SMILES string of the molecule is Cc1csc(CCCN=C(N)N2CCN(c3ccc(Cl)cc3)CC2)n1. The van der Waals surface area contributed by atoms with Crippen LogP contribution in [0.4, 0.5) is 5.69 Å². The highest BCUT2D eigenvalue weighted by atomic mass is 35.5. The van der Waals surface area contributed by atoms with Crippen LogP contribution >= 0.6 is 22.9 Å². The van der Waals surface area contributed by atoms with Crippen molar-refractivity contribution in [1.82, 2.24) is 9.88 Å². The van der Waals surface area contributed by atoms with E-state index in [0.717, 1.165) is 56.3 Å². The molecule has 134 valence electrons. The Morgan fingerprint density at radius 1 is 1.24 bits per heavy atom. The normalized spacial score (nSPS) is 15.7. The van der Waals surface area contributed by atoms with Gasteiger partial charge in [0.1, 0.15) is 0 Å². The number of aromatic nitrogens is 1. The van der Waals surface area contributed by atoms with E-state index in [1.165, 1.54) is 10.7 Å². The average molecular weight is 378 g/mol. The van der Waals surface area contributed by atoms with Crippen LogP contribution in [0.2, 0.25) is 5.02 Å². The van der Waals surface area contributed by atoms with Crippen molar-refractivity contribution >= 4 is 34.6 Å². The van der Waals surface area contributed by atoms with Crippen LogP contribution in [0, 0.1) is 6.92 Å². The minimum Gasteiger partial charge on any atom is -0.370 e. The number of nitrogens with two attached hydrogens (primary N) is 1. The number of benzene rings is 1. The van der Waals surface area contributed by atoms with Gasteiger partial charge in [-0.25, -0.2) is 4.98 Å². The monoisotopic (exact) mass is 377 g/mol. The van der Waals surface area contributed by atoms with E-state index in [2.05, 4.69) is 37.3 Å². The van der Waals surface area contributed by atoms with Gasteiger partial charge in [0.15, 0.2) is 5.96 Å². The van der Waals surface area contributed by atoms with Crippen LogP contribution in [0.3, 0.4) is 0 Å². The number of hydrogen-bond acceptors (Lipinski definition) is 4. The molecule has 1 aliphatic rings. The molecule has 1 aromatic carbocycles. The molecule has 0 atom stereocenters. The van der Waals surface area contributed by atoms with Gasteiger partial charge < -0.3 is 15.5 Å². The maximum atomic E-state index is 6.16. The molecule has 3 rings (SSSR count). The van der Waals surface area contributed by atoms with Gasteiger partial charge in [0.25, 0.3) is 0 Å². The van der Waals surface area contributed by atoms with Crippen LogP contribution in [0.25, 0.3) is 0 Å². The third-order valence-electron chi connectivity index (χ3n) is 4.28. The lowest BCUT2D eigenvalue weighted by Gasteiger charge is -2.36. The Balaban J connectivity index is 1.42. The summed E-state index contributed by atoms with van der Waals surface area (Å²) in [5.74, 6) is 0.658. The Labute approximate surface area is 158 Å². The molecule has 2 N–H and O–H groups in total. The topological polar surface area (TPSA) is 57.8 Å². The molecule has 1 aliphatic heterocycles. The molecular formula is C18H24ClN5S. The number of anilines is 1. The molecule has 2 heterocycles. The Kier molecular flexibility index (Phi) is 6.15. The van der Waals surface area contributed by atoms with Crippen molar-refractivity contribution in [3.05, 3.63) is 45.4 Å². The third kappa shape index (κ3) is 5.09. The van der Waals surface area contributed by atoms with Gasteiger partial charge in [-0.3, -0.25) is 4.99 Å². The number of rotatable bonds is 5. The minimum absolute atomic E-state index is 0.658. The zero-order chi connectivity index (χ0) is 17.6. The van der Waals surface area contributed by atoms with Gasteiger partial charge in [-0.15, -0.1) is 11.3 Å². The van der Waals surface area contributed by atoms with E-state index >= 15 is 0 Å². The molecule has 2 aromatic rings. The summed E-state index contributed by atoms with van der Waals surface area (Å²) < 4.78 is 0. The van der Waals surface area contributed by atoms with Crippen molar-refractivity contribution in [2.45, 2.75) is 19.8 Å². The number of halogens is 1. The molecule has 0 amide bonds. The van der Waals surface area contributed by atoms with E-state index in [1.54, 1.807) is 11.3 Å². The zero-order valence-electron chi connectivity index (χ0n) is 14.5. The number of piperazine rings is 1. The Morgan fingerprint density at radius 3 is 2.60 bits per heavy atom. The highest BCUT2D eigenvalue weighted by Gasteiger charge is 2.18. The van der Waals surface area contributed by atoms with Crippen LogP contribution < -0.4 is 10.6 Å². The fraction of sp³-hybridized carbons (Fsp3) is 0.444. The van der Waals surface area contributed by atoms with Gasteiger partial charge in [-0.2, -0.15) is 0 Å². The van der Waals surface area contributed by atoms with Crippen LogP contribution in [-0.4, -0.2) is 48.6 Å². The van der Waals surface area contributed by atoms with E-state index in [1.807, 2.05) is 19.1 Å². The Morgan fingerprint density at radius 2 is 1.96 bits per heavy atom. The summed E-state index contributed by atoms with van der Waals surface area (Å²) in [4.78, 5) is 13.5. The Hall–Kier alpha value is -1.79. The number of nitrogens with zero attached hydrogens (tertiary/aromatic N) is 4. The van der Waals surface area contributed by atoms with Gasteiger partial charge in [-0.05, 0) is 37.6 Å². The first kappa shape index (κ1) is 18.0. The van der Waals surface area contributed by atoms with Gasteiger partial charge in [0.05, 0.1) is 5.01 Å². The molecule has 0 spiro atoms. The van der Waals surface area contributed by atoms with Gasteiger partial charge >= 0.3 is 0 Å². The number of aryl methyl sites for hydroxylation is 2. The van der Waals surface area contributed by atoms with E-state index in [0.29, 0.717) is 5.96 Å². The van der Waals surface area contributed by atoms with Crippen LogP contribution in [0.15, 0.2) is 34.6 Å². The lowest BCUT2D eigenvalue weighted by atomic mass is 10.2. The van der Waals surface area contributed by atoms with Gasteiger partial charge in [0, 0.05) is 60.9 Å². The number of aliphatic imine (C=N–C) groups is 1. The standard InChI is InChI=1S/C18H24ClN5S/c1-14-13-25-17(22-14)3-2-8-21-18(20)24-11-9-23(10-12-24)16-6-4-15(19)5-7-16/h4-7,13H,2-3,8-12H2,1H3,(H2,20,21). The van der Waals surface area contributed by atoms with Gasteiger partial charge in [-0.1, -0.05) is 11.6 Å². The number of hydrogen-bond donors (Lipinski definition) is 1. The van der Waals surface area contributed by atoms with E-state index in [-0.39, 0.29) is 0 Å². The van der Waals surface area contributed by atoms with Gasteiger partial charge in [0.2, 0.25) is 0 Å². The quantitative estimate of drug-likeness (QED) is 0.494. The molecule has 0 bridgehead atoms.